The third-order valence-corrected chi connectivity index (χ3v) is 4.69. The lowest BCUT2D eigenvalue weighted by Gasteiger charge is -2.20. The molecule has 2 rings (SSSR count). The molecule has 1 aliphatic carbocycles. The normalized spacial score (nSPS) is 27.2. The van der Waals surface area contributed by atoms with E-state index in [0.29, 0.717) is 18.1 Å². The van der Waals surface area contributed by atoms with Crippen LogP contribution in [0.4, 0.5) is 0 Å². The topological polar surface area (TPSA) is 52.3 Å². The highest BCUT2D eigenvalue weighted by Crippen LogP contribution is 2.39. The molecule has 18 heavy (non-hydrogen) atoms. The van der Waals surface area contributed by atoms with E-state index in [4.69, 9.17) is 22.1 Å². The van der Waals surface area contributed by atoms with Crippen LogP contribution in [0, 0.1) is 0 Å². The summed E-state index contributed by atoms with van der Waals surface area (Å²) in [6.07, 6.45) is 2.25. The van der Waals surface area contributed by atoms with Gasteiger partial charge in [0.2, 0.25) is 0 Å². The van der Waals surface area contributed by atoms with Crippen LogP contribution in [0.25, 0.3) is 0 Å². The number of nitrogens with two attached hydrogens (primary N) is 1. The third-order valence-electron chi connectivity index (χ3n) is 3.20. The molecule has 98 valence electrons. The predicted molar refractivity (Wildman–Crippen MR) is 73.9 cm³/mol. The highest BCUT2D eigenvalue weighted by molar-refractivity contribution is 8.00. The van der Waals surface area contributed by atoms with E-state index in [9.17, 15) is 4.79 Å². The van der Waals surface area contributed by atoms with Gasteiger partial charge in [-0.3, -0.25) is 4.79 Å². The molecular weight excluding hydrogens is 270 g/mol. The van der Waals surface area contributed by atoms with Gasteiger partial charge in [0, 0.05) is 15.2 Å². The maximum atomic E-state index is 11.6. The number of carbonyl (C=O) groups excluding carboxylic acids is 1. The number of thioether (sulfide) groups is 1. The molecule has 1 aliphatic rings. The maximum Gasteiger partial charge on any atom is 0.325 e. The smallest absolute Gasteiger partial charge is 0.325 e. The van der Waals surface area contributed by atoms with Gasteiger partial charge < -0.3 is 10.5 Å². The summed E-state index contributed by atoms with van der Waals surface area (Å²) in [5, 5.41) is 1.07. The van der Waals surface area contributed by atoms with E-state index in [-0.39, 0.29) is 5.97 Å². The van der Waals surface area contributed by atoms with Crippen molar-refractivity contribution in [1.29, 1.82) is 0 Å². The summed E-state index contributed by atoms with van der Waals surface area (Å²) >= 11 is 7.67. The molecule has 0 bridgehead atoms. The molecule has 2 N–H and O–H groups in total. The standard InChI is InChI=1S/C13H16ClNO2S/c1-17-12(16)13(15)6-5-11(8-13)18-10-4-2-3-9(14)7-10/h2-4,7,11H,5-6,8,15H2,1H3. The molecular formula is C13H16ClNO2S. The lowest BCUT2D eigenvalue weighted by molar-refractivity contribution is -0.146. The molecule has 0 amide bonds. The third kappa shape index (κ3) is 2.99. The van der Waals surface area contributed by atoms with Crippen LogP contribution in [-0.4, -0.2) is 23.9 Å². The van der Waals surface area contributed by atoms with Gasteiger partial charge in [0.25, 0.3) is 0 Å². The molecule has 0 aliphatic heterocycles. The van der Waals surface area contributed by atoms with Gasteiger partial charge in [0.05, 0.1) is 7.11 Å². The van der Waals surface area contributed by atoms with Crippen LogP contribution in [0.5, 0.6) is 0 Å². The van der Waals surface area contributed by atoms with Gasteiger partial charge in [-0.25, -0.2) is 0 Å². The Bertz CT molecular complexity index is 454. The van der Waals surface area contributed by atoms with Gasteiger partial charge in [0.1, 0.15) is 5.54 Å². The number of ether oxygens (including phenoxy) is 1. The second-order valence-corrected chi connectivity index (χ2v) is 6.40. The molecule has 1 saturated carbocycles. The summed E-state index contributed by atoms with van der Waals surface area (Å²) in [6, 6.07) is 7.73. The minimum absolute atomic E-state index is 0.309. The van der Waals surface area contributed by atoms with Gasteiger partial charge in [-0.2, -0.15) is 0 Å². The van der Waals surface area contributed by atoms with Crippen molar-refractivity contribution in [2.75, 3.05) is 7.11 Å². The van der Waals surface area contributed by atoms with E-state index in [0.717, 1.165) is 16.3 Å². The van der Waals surface area contributed by atoms with Crippen LogP contribution < -0.4 is 5.73 Å². The lowest BCUT2D eigenvalue weighted by atomic mass is 10.00. The molecule has 1 aromatic rings. The summed E-state index contributed by atoms with van der Waals surface area (Å²) in [4.78, 5) is 12.7. The van der Waals surface area contributed by atoms with Crippen molar-refractivity contribution in [3.8, 4) is 0 Å². The Kier molecular flexibility index (Phi) is 4.20. The van der Waals surface area contributed by atoms with Gasteiger partial charge in [0.15, 0.2) is 0 Å². The molecule has 1 fully saturated rings. The highest BCUT2D eigenvalue weighted by atomic mass is 35.5. The van der Waals surface area contributed by atoms with Crippen LogP contribution in [0.15, 0.2) is 29.2 Å². The zero-order valence-corrected chi connectivity index (χ0v) is 11.8. The van der Waals surface area contributed by atoms with E-state index in [1.54, 1.807) is 11.8 Å². The van der Waals surface area contributed by atoms with Crippen LogP contribution in [-0.2, 0) is 9.53 Å². The van der Waals surface area contributed by atoms with Crippen LogP contribution in [0.3, 0.4) is 0 Å². The van der Waals surface area contributed by atoms with Crippen molar-refractivity contribution in [3.63, 3.8) is 0 Å². The Hall–Kier alpha value is -0.710. The summed E-state index contributed by atoms with van der Waals surface area (Å²) in [6.45, 7) is 0. The van der Waals surface area contributed by atoms with Gasteiger partial charge in [-0.05, 0) is 37.5 Å². The van der Waals surface area contributed by atoms with Crippen LogP contribution in [0.2, 0.25) is 5.02 Å². The molecule has 1 aromatic carbocycles. The maximum absolute atomic E-state index is 11.6. The second kappa shape index (κ2) is 5.51. The van der Waals surface area contributed by atoms with Crippen LogP contribution >= 0.6 is 23.4 Å². The number of halogens is 1. The number of esters is 1. The molecule has 2 unspecified atom stereocenters. The van der Waals surface area contributed by atoms with Crippen molar-refractivity contribution in [2.45, 2.75) is 34.9 Å². The molecule has 3 nitrogen and oxygen atoms in total. The van der Waals surface area contributed by atoms with Gasteiger partial charge in [-0.1, -0.05) is 17.7 Å². The van der Waals surface area contributed by atoms with Crippen molar-refractivity contribution in [3.05, 3.63) is 29.3 Å². The number of methoxy groups -OCH3 is 1. The monoisotopic (exact) mass is 285 g/mol. The molecule has 0 saturated heterocycles. The van der Waals surface area contributed by atoms with E-state index in [2.05, 4.69) is 0 Å². The van der Waals surface area contributed by atoms with Crippen molar-refractivity contribution < 1.29 is 9.53 Å². The molecule has 2 atom stereocenters. The number of carbonyl (C=O) groups is 1. The zero-order valence-electron chi connectivity index (χ0n) is 10.2. The first-order chi connectivity index (χ1) is 8.53. The molecule has 0 spiro atoms. The SMILES string of the molecule is COC(=O)C1(N)CCC(Sc2cccc(Cl)c2)C1. The Labute approximate surface area is 116 Å². The number of rotatable bonds is 3. The van der Waals surface area contributed by atoms with E-state index < -0.39 is 5.54 Å². The number of hydrogen-bond donors (Lipinski definition) is 1. The minimum atomic E-state index is -0.814. The van der Waals surface area contributed by atoms with Gasteiger partial charge >= 0.3 is 5.97 Å². The molecule has 0 aromatic heterocycles. The summed E-state index contributed by atoms with van der Waals surface area (Å²) in [5.41, 5.74) is 5.26. The van der Waals surface area contributed by atoms with Crippen LogP contribution in [0.1, 0.15) is 19.3 Å². The van der Waals surface area contributed by atoms with Crippen molar-refractivity contribution in [2.24, 2.45) is 5.73 Å². The quantitative estimate of drug-likeness (QED) is 0.868. The first kappa shape index (κ1) is 13.7. The first-order valence-corrected chi connectivity index (χ1v) is 7.09. The Morgan fingerprint density at radius 2 is 2.39 bits per heavy atom. The zero-order chi connectivity index (χ0) is 13.2. The highest BCUT2D eigenvalue weighted by Gasteiger charge is 2.43. The molecule has 0 radical (unpaired) electrons. The fourth-order valence-electron chi connectivity index (χ4n) is 2.25. The summed E-state index contributed by atoms with van der Waals surface area (Å²) < 4.78 is 4.76. The lowest BCUT2D eigenvalue weighted by Crippen LogP contribution is -2.46. The number of hydrogen-bond acceptors (Lipinski definition) is 4. The molecule has 0 heterocycles. The fraction of sp³-hybridized carbons (Fsp3) is 0.462. The average molecular weight is 286 g/mol. The summed E-state index contributed by atoms with van der Waals surface area (Å²) in [7, 11) is 1.38. The predicted octanol–water partition coefficient (Wildman–Crippen LogP) is 2.86. The van der Waals surface area contributed by atoms with E-state index in [1.807, 2.05) is 24.3 Å². The average Bonchev–Trinajstić information content (AvgIpc) is 2.71. The van der Waals surface area contributed by atoms with Gasteiger partial charge in [-0.15, -0.1) is 11.8 Å². The second-order valence-electron chi connectivity index (χ2n) is 4.59. The largest absolute Gasteiger partial charge is 0.468 e. The van der Waals surface area contributed by atoms with E-state index in [1.165, 1.54) is 7.11 Å². The Morgan fingerprint density at radius 1 is 1.61 bits per heavy atom. The van der Waals surface area contributed by atoms with Crippen molar-refractivity contribution in [1.82, 2.24) is 0 Å². The number of benzene rings is 1. The minimum Gasteiger partial charge on any atom is -0.468 e. The van der Waals surface area contributed by atoms with E-state index >= 15 is 0 Å². The van der Waals surface area contributed by atoms with Crippen molar-refractivity contribution >= 4 is 29.3 Å². The Balaban J connectivity index is 2.00. The summed E-state index contributed by atoms with van der Waals surface area (Å²) in [5.74, 6) is -0.309. The first-order valence-electron chi connectivity index (χ1n) is 5.83. The molecule has 5 heteroatoms. The fourth-order valence-corrected chi connectivity index (χ4v) is 3.86. The Morgan fingerprint density at radius 3 is 3.06 bits per heavy atom.